The number of carbonyl (C=O) groups excluding carboxylic acids is 2. The molecule has 10 heteroatoms. The molecule has 0 bridgehead atoms. The van der Waals surface area contributed by atoms with E-state index in [0.29, 0.717) is 17.4 Å². The number of unbranched alkanes of at least 4 members (excludes halogenated alkanes) is 19. The summed E-state index contributed by atoms with van der Waals surface area (Å²) in [5.41, 5.74) is 0. The number of esters is 2. The summed E-state index contributed by atoms with van der Waals surface area (Å²) < 4.78 is 33.9. The Morgan fingerprint density at radius 3 is 1.47 bits per heavy atom. The first kappa shape index (κ1) is 55.5. The molecule has 0 aromatic rings. The number of quaternary nitrogens is 1. The van der Waals surface area contributed by atoms with E-state index in [-0.39, 0.29) is 26.1 Å². The highest BCUT2D eigenvalue weighted by Gasteiger charge is 2.21. The fraction of sp³-hybridized carbons (Fsp3) is 0.708. The molecule has 0 radical (unpaired) electrons. The predicted molar refractivity (Wildman–Crippen MR) is 240 cm³/mol. The molecule has 2 atom stereocenters. The lowest BCUT2D eigenvalue weighted by Crippen LogP contribution is -2.37. The van der Waals surface area contributed by atoms with Crippen molar-refractivity contribution in [3.05, 3.63) is 72.9 Å². The van der Waals surface area contributed by atoms with Crippen LogP contribution in [0.15, 0.2) is 72.9 Å². The van der Waals surface area contributed by atoms with Gasteiger partial charge in [-0.3, -0.25) is 14.2 Å². The molecular formula is C48H84NO8P. The summed E-state index contributed by atoms with van der Waals surface area (Å²) in [6, 6.07) is 0. The zero-order chi connectivity index (χ0) is 42.8. The van der Waals surface area contributed by atoms with Crippen LogP contribution in [0, 0.1) is 0 Å². The average molecular weight is 834 g/mol. The topological polar surface area (TPSA) is 111 Å². The summed E-state index contributed by atoms with van der Waals surface area (Å²) in [5, 5.41) is 0. The molecule has 0 aliphatic heterocycles. The Kier molecular flexibility index (Phi) is 38.1. The SMILES string of the molecule is CC/C=C/C=C\C=C/C=C\C=C/C=C\CCCCCCCC(=O)O[C@H](COC(=O)CCCCCCCCCCCCCCCCC)COP(=O)([O-])OCC[N+](C)(C)C. The Labute approximate surface area is 355 Å². The smallest absolute Gasteiger partial charge is 0.306 e. The third kappa shape index (κ3) is 43.0. The van der Waals surface area contributed by atoms with Crippen LogP contribution in [-0.2, 0) is 32.7 Å². The number of rotatable bonds is 40. The minimum atomic E-state index is -4.64. The number of hydrogen-bond donors (Lipinski definition) is 0. The molecule has 0 N–H and O–H groups in total. The Balaban J connectivity index is 4.42. The lowest BCUT2D eigenvalue weighted by molar-refractivity contribution is -0.870. The van der Waals surface area contributed by atoms with Crippen LogP contribution in [0.2, 0.25) is 0 Å². The Hall–Kier alpha value is -2.55. The van der Waals surface area contributed by atoms with Crippen LogP contribution >= 0.6 is 7.82 Å². The average Bonchev–Trinajstić information content (AvgIpc) is 3.17. The summed E-state index contributed by atoms with van der Waals surface area (Å²) in [6.45, 7) is 4.05. The Morgan fingerprint density at radius 1 is 0.552 bits per heavy atom. The van der Waals surface area contributed by atoms with E-state index in [1.807, 2.05) is 75.8 Å². The standard InChI is InChI=1S/C48H84NO8P/c1-6-8-10-12-14-16-18-20-22-23-24-25-27-29-31-33-35-37-39-41-48(51)57-46(45-56-58(52,53)55-43-42-49(3,4)5)44-54-47(50)40-38-36-34-32-30-28-26-21-19-17-15-13-11-9-7-2/h8,10,12,14,16,18,20,22-25,27,46H,6-7,9,11,13,15,17,19,21,26,28-45H2,1-5H3/b10-8+,14-12-,18-16-,22-20-,24-23-,27-25-/t46-/m1/s1. The number of phosphoric ester groups is 1. The number of allylic oxidation sites excluding steroid dienone is 12. The molecule has 9 nitrogen and oxygen atoms in total. The molecule has 0 rings (SSSR count). The summed E-state index contributed by atoms with van der Waals surface area (Å²) in [5.74, 6) is -0.867. The first-order chi connectivity index (χ1) is 28.0. The molecule has 0 aliphatic carbocycles. The van der Waals surface area contributed by atoms with Gasteiger partial charge in [-0.15, -0.1) is 0 Å². The maximum absolute atomic E-state index is 12.7. The maximum atomic E-state index is 12.7. The highest BCUT2D eigenvalue weighted by Crippen LogP contribution is 2.38. The molecule has 0 spiro atoms. The second-order valence-electron chi connectivity index (χ2n) is 16.2. The second-order valence-corrected chi connectivity index (χ2v) is 17.6. The van der Waals surface area contributed by atoms with Gasteiger partial charge in [-0.05, 0) is 32.1 Å². The first-order valence-corrected chi connectivity index (χ1v) is 24.2. The normalized spacial score (nSPS) is 14.2. The lowest BCUT2D eigenvalue weighted by atomic mass is 10.0. The quantitative estimate of drug-likeness (QED) is 0.0197. The van der Waals surface area contributed by atoms with Gasteiger partial charge < -0.3 is 27.9 Å². The second kappa shape index (κ2) is 39.9. The van der Waals surface area contributed by atoms with Crippen LogP contribution in [0.4, 0.5) is 0 Å². The Bertz CT molecular complexity index is 1220. The van der Waals surface area contributed by atoms with E-state index in [1.165, 1.54) is 77.0 Å². The van der Waals surface area contributed by atoms with Crippen molar-refractivity contribution in [3.8, 4) is 0 Å². The van der Waals surface area contributed by atoms with E-state index in [4.69, 9.17) is 18.5 Å². The van der Waals surface area contributed by atoms with Crippen molar-refractivity contribution in [1.82, 2.24) is 0 Å². The van der Waals surface area contributed by atoms with Crippen LogP contribution in [0.5, 0.6) is 0 Å². The van der Waals surface area contributed by atoms with E-state index < -0.39 is 32.5 Å². The van der Waals surface area contributed by atoms with Crippen molar-refractivity contribution in [3.63, 3.8) is 0 Å². The molecule has 0 amide bonds. The van der Waals surface area contributed by atoms with Gasteiger partial charge in [0.1, 0.15) is 19.8 Å². The van der Waals surface area contributed by atoms with Crippen molar-refractivity contribution in [2.75, 3.05) is 47.5 Å². The Morgan fingerprint density at radius 2 is 0.983 bits per heavy atom. The van der Waals surface area contributed by atoms with Gasteiger partial charge in [0.25, 0.3) is 7.82 Å². The largest absolute Gasteiger partial charge is 0.756 e. The molecule has 0 aromatic carbocycles. The number of carbonyl (C=O) groups is 2. The monoisotopic (exact) mass is 834 g/mol. The fourth-order valence-corrected chi connectivity index (χ4v) is 6.59. The number of ether oxygens (including phenoxy) is 2. The van der Waals surface area contributed by atoms with Crippen molar-refractivity contribution in [2.24, 2.45) is 0 Å². The van der Waals surface area contributed by atoms with Gasteiger partial charge in [0.15, 0.2) is 6.10 Å². The molecule has 0 heterocycles. The number of likely N-dealkylation sites (N-methyl/N-ethyl adjacent to an activating group) is 1. The van der Waals surface area contributed by atoms with Gasteiger partial charge in [-0.1, -0.05) is 196 Å². The third-order valence-electron chi connectivity index (χ3n) is 9.40. The molecule has 0 saturated heterocycles. The molecular weight excluding hydrogens is 750 g/mol. The molecule has 58 heavy (non-hydrogen) atoms. The number of hydrogen-bond acceptors (Lipinski definition) is 8. The van der Waals surface area contributed by atoms with Crippen molar-refractivity contribution >= 4 is 19.8 Å². The van der Waals surface area contributed by atoms with Crippen LogP contribution in [0.1, 0.15) is 168 Å². The molecule has 0 saturated carbocycles. The maximum Gasteiger partial charge on any atom is 0.306 e. The van der Waals surface area contributed by atoms with E-state index in [0.717, 1.165) is 57.8 Å². The van der Waals surface area contributed by atoms with Crippen molar-refractivity contribution in [2.45, 2.75) is 174 Å². The van der Waals surface area contributed by atoms with Crippen LogP contribution < -0.4 is 4.89 Å². The first-order valence-electron chi connectivity index (χ1n) is 22.7. The number of phosphoric acid groups is 1. The molecule has 0 fully saturated rings. The van der Waals surface area contributed by atoms with Crippen LogP contribution in [0.25, 0.3) is 0 Å². The highest BCUT2D eigenvalue weighted by molar-refractivity contribution is 7.45. The van der Waals surface area contributed by atoms with E-state index in [2.05, 4.69) is 32.1 Å². The summed E-state index contributed by atoms with van der Waals surface area (Å²) in [6.07, 6.45) is 49.2. The van der Waals surface area contributed by atoms with Gasteiger partial charge in [-0.25, -0.2) is 0 Å². The summed E-state index contributed by atoms with van der Waals surface area (Å²) in [7, 11) is 1.14. The van der Waals surface area contributed by atoms with Crippen LogP contribution in [-0.4, -0.2) is 70.0 Å². The van der Waals surface area contributed by atoms with Gasteiger partial charge in [0, 0.05) is 12.8 Å². The fourth-order valence-electron chi connectivity index (χ4n) is 5.86. The molecule has 334 valence electrons. The van der Waals surface area contributed by atoms with Gasteiger partial charge in [0.2, 0.25) is 0 Å². The minimum Gasteiger partial charge on any atom is -0.756 e. The summed E-state index contributed by atoms with van der Waals surface area (Å²) >= 11 is 0. The van der Waals surface area contributed by atoms with Crippen molar-refractivity contribution < 1.29 is 42.1 Å². The van der Waals surface area contributed by atoms with E-state index in [9.17, 15) is 19.0 Å². The highest BCUT2D eigenvalue weighted by atomic mass is 31.2. The van der Waals surface area contributed by atoms with Crippen LogP contribution in [0.3, 0.4) is 0 Å². The van der Waals surface area contributed by atoms with E-state index in [1.54, 1.807) is 0 Å². The van der Waals surface area contributed by atoms with Gasteiger partial charge in [0.05, 0.1) is 27.7 Å². The zero-order valence-corrected chi connectivity index (χ0v) is 38.4. The lowest BCUT2D eigenvalue weighted by Gasteiger charge is -2.28. The molecule has 0 aromatic heterocycles. The molecule has 1 unspecified atom stereocenters. The minimum absolute atomic E-state index is 0.0395. The summed E-state index contributed by atoms with van der Waals surface area (Å²) in [4.78, 5) is 37.6. The number of nitrogens with zero attached hydrogens (tertiary/aromatic N) is 1. The predicted octanol–water partition coefficient (Wildman–Crippen LogP) is 12.4. The van der Waals surface area contributed by atoms with Crippen molar-refractivity contribution in [1.29, 1.82) is 0 Å². The third-order valence-corrected chi connectivity index (χ3v) is 10.4. The van der Waals surface area contributed by atoms with Gasteiger partial charge in [-0.2, -0.15) is 0 Å². The molecule has 0 aliphatic rings. The van der Waals surface area contributed by atoms with E-state index >= 15 is 0 Å². The van der Waals surface area contributed by atoms with Gasteiger partial charge >= 0.3 is 11.9 Å². The zero-order valence-electron chi connectivity index (χ0n) is 37.5.